The number of carbonyl (C=O) groups excluding carboxylic acids is 1. The van der Waals surface area contributed by atoms with E-state index >= 15 is 0 Å². The molecule has 1 saturated heterocycles. The minimum atomic E-state index is -0.296. The van der Waals surface area contributed by atoms with E-state index in [1.807, 2.05) is 18.3 Å². The van der Waals surface area contributed by atoms with Gasteiger partial charge in [-0.2, -0.15) is 0 Å². The lowest BCUT2D eigenvalue weighted by atomic mass is 10.1. The number of nitrogens with one attached hydrogen (secondary N) is 2. The van der Waals surface area contributed by atoms with Crippen molar-refractivity contribution in [2.45, 2.75) is 26.1 Å². The lowest BCUT2D eigenvalue weighted by Gasteiger charge is -2.23. The largest absolute Gasteiger partial charge is 0.339 e. The fraction of sp³-hybridized carbons (Fsp3) is 0.500. The number of hydrazine groups is 1. The molecule has 9 heteroatoms. The van der Waals surface area contributed by atoms with E-state index in [9.17, 15) is 4.79 Å². The summed E-state index contributed by atoms with van der Waals surface area (Å²) in [5.41, 5.74) is 8.08. The molecule has 0 spiro atoms. The van der Waals surface area contributed by atoms with Crippen LogP contribution in [0.25, 0.3) is 0 Å². The van der Waals surface area contributed by atoms with Gasteiger partial charge in [-0.1, -0.05) is 13.0 Å². The highest BCUT2D eigenvalue weighted by Gasteiger charge is 2.36. The third-order valence-corrected chi connectivity index (χ3v) is 3.99. The Bertz CT molecular complexity index is 641. The van der Waals surface area contributed by atoms with Crippen LogP contribution in [-0.4, -0.2) is 49.6 Å². The zero-order valence-electron chi connectivity index (χ0n) is 13.2. The smallest absolute Gasteiger partial charge is 0.230 e. The van der Waals surface area contributed by atoms with E-state index in [0.29, 0.717) is 13.1 Å². The Hall–Kier alpha value is -2.39. The Morgan fingerprint density at radius 2 is 2.35 bits per heavy atom. The summed E-state index contributed by atoms with van der Waals surface area (Å²) in [7, 11) is 1.78. The first-order valence-electron chi connectivity index (χ1n) is 7.58. The summed E-state index contributed by atoms with van der Waals surface area (Å²) in [6, 6.07) is 4.01. The molecule has 3 rings (SSSR count). The second kappa shape index (κ2) is 6.80. The summed E-state index contributed by atoms with van der Waals surface area (Å²) in [5, 5.41) is 11.1. The fourth-order valence-electron chi connectivity index (χ4n) is 2.62. The molecule has 2 aromatic heterocycles. The molecule has 2 aromatic rings. The van der Waals surface area contributed by atoms with E-state index in [1.165, 1.54) is 11.9 Å². The number of pyridine rings is 1. The van der Waals surface area contributed by atoms with Gasteiger partial charge < -0.3 is 4.90 Å². The Morgan fingerprint density at radius 1 is 1.48 bits per heavy atom. The van der Waals surface area contributed by atoms with Gasteiger partial charge in [0.15, 0.2) is 0 Å². The zero-order chi connectivity index (χ0) is 16.2. The van der Waals surface area contributed by atoms with Crippen LogP contribution in [0.1, 0.15) is 24.3 Å². The molecule has 1 aliphatic rings. The number of hydrogen-bond acceptors (Lipinski definition) is 7. The van der Waals surface area contributed by atoms with E-state index in [2.05, 4.69) is 38.3 Å². The standard InChI is InChI=1S/C14H20N8O/c1-3-10-4-5-11(15-6-10)8-21(2)14(23)12-7-16-18-13(12)22-9-17-19-20-22/h4-6,9,12-13,16,18H,3,7-8H2,1-2H3. The summed E-state index contributed by atoms with van der Waals surface area (Å²) in [6.45, 7) is 3.09. The van der Waals surface area contributed by atoms with Crippen molar-refractivity contribution >= 4 is 5.91 Å². The molecule has 3 heterocycles. The maximum Gasteiger partial charge on any atom is 0.230 e. The van der Waals surface area contributed by atoms with Crippen molar-refractivity contribution in [2.75, 3.05) is 13.6 Å². The minimum Gasteiger partial charge on any atom is -0.339 e. The molecule has 0 saturated carbocycles. The van der Waals surface area contributed by atoms with Gasteiger partial charge in [-0.3, -0.25) is 15.2 Å². The van der Waals surface area contributed by atoms with Gasteiger partial charge in [-0.05, 0) is 28.5 Å². The summed E-state index contributed by atoms with van der Waals surface area (Å²) >= 11 is 0. The maximum absolute atomic E-state index is 12.7. The van der Waals surface area contributed by atoms with Gasteiger partial charge in [0.1, 0.15) is 12.5 Å². The van der Waals surface area contributed by atoms with Gasteiger partial charge in [-0.25, -0.2) is 10.1 Å². The van der Waals surface area contributed by atoms with Gasteiger partial charge in [-0.15, -0.1) is 5.10 Å². The van der Waals surface area contributed by atoms with Crippen LogP contribution >= 0.6 is 0 Å². The first-order valence-corrected chi connectivity index (χ1v) is 7.58. The molecule has 0 bridgehead atoms. The molecule has 1 amide bonds. The fourth-order valence-corrected chi connectivity index (χ4v) is 2.62. The Kier molecular flexibility index (Phi) is 4.58. The van der Waals surface area contributed by atoms with Crippen LogP contribution in [0.15, 0.2) is 24.7 Å². The summed E-state index contributed by atoms with van der Waals surface area (Å²) in [6.07, 6.45) is 4.01. The predicted molar refractivity (Wildman–Crippen MR) is 81.6 cm³/mol. The van der Waals surface area contributed by atoms with Crippen molar-refractivity contribution in [3.8, 4) is 0 Å². The Morgan fingerprint density at radius 3 is 3.00 bits per heavy atom. The molecular weight excluding hydrogens is 296 g/mol. The molecule has 9 nitrogen and oxygen atoms in total. The second-order valence-corrected chi connectivity index (χ2v) is 5.57. The lowest BCUT2D eigenvalue weighted by molar-refractivity contribution is -0.135. The van der Waals surface area contributed by atoms with Crippen molar-refractivity contribution in [1.82, 2.24) is 40.9 Å². The number of aromatic nitrogens is 5. The van der Waals surface area contributed by atoms with Crippen molar-refractivity contribution in [3.63, 3.8) is 0 Å². The highest BCUT2D eigenvalue weighted by molar-refractivity contribution is 5.79. The van der Waals surface area contributed by atoms with Crippen molar-refractivity contribution < 1.29 is 4.79 Å². The van der Waals surface area contributed by atoms with Crippen molar-refractivity contribution in [3.05, 3.63) is 35.9 Å². The first kappa shape index (κ1) is 15.5. The van der Waals surface area contributed by atoms with Crippen LogP contribution in [0.4, 0.5) is 0 Å². The van der Waals surface area contributed by atoms with Crippen molar-refractivity contribution in [2.24, 2.45) is 5.92 Å². The quantitative estimate of drug-likeness (QED) is 0.767. The molecule has 0 radical (unpaired) electrons. The number of tetrazole rings is 1. The minimum absolute atomic E-state index is 0.0179. The monoisotopic (exact) mass is 316 g/mol. The molecule has 0 aliphatic carbocycles. The normalized spacial score (nSPS) is 20.6. The van der Waals surface area contributed by atoms with Crippen LogP contribution in [0.5, 0.6) is 0 Å². The van der Waals surface area contributed by atoms with E-state index in [4.69, 9.17) is 0 Å². The van der Waals surface area contributed by atoms with Crippen molar-refractivity contribution in [1.29, 1.82) is 0 Å². The molecular formula is C14H20N8O. The van der Waals surface area contributed by atoms with Gasteiger partial charge in [0.2, 0.25) is 5.91 Å². The maximum atomic E-state index is 12.7. The molecule has 122 valence electrons. The highest BCUT2D eigenvalue weighted by Crippen LogP contribution is 2.20. The number of nitrogens with zero attached hydrogens (tertiary/aromatic N) is 6. The molecule has 23 heavy (non-hydrogen) atoms. The third kappa shape index (κ3) is 3.35. The van der Waals surface area contributed by atoms with Gasteiger partial charge in [0, 0.05) is 19.8 Å². The van der Waals surface area contributed by atoms with E-state index < -0.39 is 0 Å². The highest BCUT2D eigenvalue weighted by atomic mass is 16.2. The Balaban J connectivity index is 1.66. The molecule has 2 unspecified atom stereocenters. The van der Waals surface area contributed by atoms with Gasteiger partial charge in [0.25, 0.3) is 0 Å². The second-order valence-electron chi connectivity index (χ2n) is 5.57. The first-order chi connectivity index (χ1) is 11.2. The predicted octanol–water partition coefficient (Wildman–Crippen LogP) is -0.488. The zero-order valence-corrected chi connectivity index (χ0v) is 13.2. The average Bonchev–Trinajstić information content (AvgIpc) is 3.25. The van der Waals surface area contributed by atoms with E-state index in [-0.39, 0.29) is 18.0 Å². The topological polar surface area (TPSA) is 101 Å². The molecule has 2 N–H and O–H groups in total. The molecule has 2 atom stereocenters. The number of aryl methyl sites for hydroxylation is 1. The van der Waals surface area contributed by atoms with Crippen LogP contribution in [-0.2, 0) is 17.8 Å². The number of carbonyl (C=O) groups is 1. The van der Waals surface area contributed by atoms with Gasteiger partial charge >= 0.3 is 0 Å². The summed E-state index contributed by atoms with van der Waals surface area (Å²) in [4.78, 5) is 18.8. The lowest BCUT2D eigenvalue weighted by Crippen LogP contribution is -2.38. The van der Waals surface area contributed by atoms with E-state index in [0.717, 1.165) is 12.1 Å². The van der Waals surface area contributed by atoms with Crippen LogP contribution in [0.3, 0.4) is 0 Å². The Labute approximate surface area is 134 Å². The number of rotatable bonds is 5. The molecule has 1 aliphatic heterocycles. The van der Waals surface area contributed by atoms with Crippen LogP contribution < -0.4 is 10.9 Å². The number of amides is 1. The van der Waals surface area contributed by atoms with Crippen LogP contribution in [0, 0.1) is 5.92 Å². The van der Waals surface area contributed by atoms with E-state index in [1.54, 1.807) is 16.6 Å². The van der Waals surface area contributed by atoms with Gasteiger partial charge in [0.05, 0.1) is 18.2 Å². The molecule has 0 aromatic carbocycles. The third-order valence-electron chi connectivity index (χ3n) is 3.99. The average molecular weight is 316 g/mol. The van der Waals surface area contributed by atoms with Crippen LogP contribution in [0.2, 0.25) is 0 Å². The molecule has 1 fully saturated rings. The summed E-state index contributed by atoms with van der Waals surface area (Å²) in [5.74, 6) is -0.261. The SMILES string of the molecule is CCc1ccc(CN(C)C(=O)C2CNNC2n2cnnn2)nc1. The summed E-state index contributed by atoms with van der Waals surface area (Å²) < 4.78 is 1.55. The number of hydrogen-bond donors (Lipinski definition) is 2.